The Bertz CT molecular complexity index is 432. The predicted octanol–water partition coefficient (Wildman–Crippen LogP) is 1.17. The van der Waals surface area contributed by atoms with Crippen LogP contribution >= 0.6 is 24.8 Å². The van der Waals surface area contributed by atoms with E-state index in [2.05, 4.69) is 15.5 Å². The van der Waals surface area contributed by atoms with Crippen molar-refractivity contribution in [2.75, 3.05) is 32.7 Å². The molecule has 2 unspecified atom stereocenters. The van der Waals surface area contributed by atoms with Gasteiger partial charge < -0.3 is 15.5 Å². The normalized spacial score (nSPS) is 25.8. The van der Waals surface area contributed by atoms with E-state index < -0.39 is 0 Å². The molecule has 0 aromatic heterocycles. The lowest BCUT2D eigenvalue weighted by Crippen LogP contribution is -2.57. The fourth-order valence-electron chi connectivity index (χ4n) is 4.00. The molecule has 2 atom stereocenters. The van der Waals surface area contributed by atoms with Crippen LogP contribution in [0.5, 0.6) is 0 Å². The van der Waals surface area contributed by atoms with Crippen LogP contribution in [0, 0.1) is 0 Å². The minimum Gasteiger partial charge on any atom is -0.352 e. The summed E-state index contributed by atoms with van der Waals surface area (Å²) in [5.41, 5.74) is 0. The first-order valence-electron chi connectivity index (χ1n) is 9.22. The molecule has 0 radical (unpaired) electrons. The number of halogens is 2. The van der Waals surface area contributed by atoms with Crippen molar-refractivity contribution in [2.45, 2.75) is 63.6 Å². The fourth-order valence-corrected chi connectivity index (χ4v) is 4.00. The van der Waals surface area contributed by atoms with Crippen molar-refractivity contribution in [2.24, 2.45) is 0 Å². The topological polar surface area (TPSA) is 64.7 Å². The fraction of sp³-hybridized carbons (Fsp3) is 0.882. The van der Waals surface area contributed by atoms with E-state index >= 15 is 0 Å². The van der Waals surface area contributed by atoms with Gasteiger partial charge in [-0.3, -0.25) is 14.5 Å². The van der Waals surface area contributed by atoms with Crippen LogP contribution in [0.15, 0.2) is 0 Å². The first-order chi connectivity index (χ1) is 11.1. The number of amides is 2. The summed E-state index contributed by atoms with van der Waals surface area (Å²) in [4.78, 5) is 28.9. The van der Waals surface area contributed by atoms with E-state index in [-0.39, 0.29) is 48.7 Å². The zero-order valence-corrected chi connectivity index (χ0v) is 16.7. The maximum atomic E-state index is 12.4. The quantitative estimate of drug-likeness (QED) is 0.750. The average Bonchev–Trinajstić information content (AvgIpc) is 3.27. The Kier molecular flexibility index (Phi) is 9.49. The number of carbonyl (C=O) groups excluding carboxylic acids is 2. The molecule has 0 aromatic rings. The number of hydrogen-bond donors (Lipinski definition) is 2. The van der Waals surface area contributed by atoms with E-state index in [1.807, 2.05) is 11.8 Å². The second-order valence-electron chi connectivity index (χ2n) is 7.18. The molecular formula is C17H32Cl2N4O2. The molecule has 146 valence electrons. The first-order valence-corrected chi connectivity index (χ1v) is 9.22. The van der Waals surface area contributed by atoms with Crippen molar-refractivity contribution in [1.82, 2.24) is 20.4 Å². The third kappa shape index (κ3) is 5.71. The summed E-state index contributed by atoms with van der Waals surface area (Å²) < 4.78 is 0. The molecule has 3 fully saturated rings. The number of hydrogen-bond acceptors (Lipinski definition) is 4. The summed E-state index contributed by atoms with van der Waals surface area (Å²) in [5.74, 6) is 0.388. The van der Waals surface area contributed by atoms with Crippen LogP contribution in [0.2, 0.25) is 0 Å². The van der Waals surface area contributed by atoms with Gasteiger partial charge in [-0.25, -0.2) is 0 Å². The Hall–Kier alpha value is -0.560. The highest BCUT2D eigenvalue weighted by Gasteiger charge is 2.32. The van der Waals surface area contributed by atoms with E-state index in [1.165, 1.54) is 12.8 Å². The molecule has 8 heteroatoms. The molecule has 2 amide bonds. The van der Waals surface area contributed by atoms with Crippen molar-refractivity contribution in [3.05, 3.63) is 0 Å². The highest BCUT2D eigenvalue weighted by atomic mass is 35.5. The molecule has 2 N–H and O–H groups in total. The molecule has 3 aliphatic rings. The average molecular weight is 395 g/mol. The van der Waals surface area contributed by atoms with Gasteiger partial charge in [-0.15, -0.1) is 24.8 Å². The Morgan fingerprint density at radius 2 is 1.64 bits per heavy atom. The van der Waals surface area contributed by atoms with Crippen molar-refractivity contribution in [1.29, 1.82) is 0 Å². The van der Waals surface area contributed by atoms with Crippen LogP contribution in [0.4, 0.5) is 0 Å². The Morgan fingerprint density at radius 1 is 1.00 bits per heavy atom. The lowest BCUT2D eigenvalue weighted by Gasteiger charge is -2.38. The van der Waals surface area contributed by atoms with Crippen LogP contribution in [0.3, 0.4) is 0 Å². The van der Waals surface area contributed by atoms with Crippen LogP contribution in [-0.4, -0.2) is 72.5 Å². The van der Waals surface area contributed by atoms with Crippen LogP contribution in [0.1, 0.15) is 45.4 Å². The van der Waals surface area contributed by atoms with Crippen LogP contribution < -0.4 is 10.6 Å². The number of rotatable bonds is 4. The monoisotopic (exact) mass is 394 g/mol. The second kappa shape index (κ2) is 10.6. The van der Waals surface area contributed by atoms with Crippen molar-refractivity contribution >= 4 is 36.6 Å². The maximum absolute atomic E-state index is 12.4. The number of nitrogens with zero attached hydrogens (tertiary/aromatic N) is 2. The lowest BCUT2D eigenvalue weighted by molar-refractivity contribution is -0.136. The molecule has 0 bridgehead atoms. The molecule has 25 heavy (non-hydrogen) atoms. The molecule has 6 nitrogen and oxygen atoms in total. The highest BCUT2D eigenvalue weighted by molar-refractivity contribution is 5.85. The largest absolute Gasteiger partial charge is 0.352 e. The Morgan fingerprint density at radius 3 is 2.20 bits per heavy atom. The van der Waals surface area contributed by atoms with Crippen molar-refractivity contribution in [3.8, 4) is 0 Å². The van der Waals surface area contributed by atoms with Gasteiger partial charge in [0.1, 0.15) is 0 Å². The molecule has 3 rings (SSSR count). The molecule has 0 spiro atoms. The van der Waals surface area contributed by atoms with E-state index in [1.54, 1.807) is 0 Å². The summed E-state index contributed by atoms with van der Waals surface area (Å²) in [6, 6.07) is 0.295. The molecule has 1 saturated carbocycles. The third-order valence-electron chi connectivity index (χ3n) is 5.61. The minimum absolute atomic E-state index is 0. The number of carbonyl (C=O) groups is 2. The predicted molar refractivity (Wildman–Crippen MR) is 104 cm³/mol. The standard InChI is InChI=1S/C17H30N4O2.2ClH/c1-13(16(22)19-14-5-2-3-6-14)20-9-11-21(12-10-20)17(23)15-7-4-8-18-15;;/h13-15,18H,2-12H2,1H3,(H,19,22);2*1H. The third-order valence-corrected chi connectivity index (χ3v) is 5.61. The minimum atomic E-state index is -0.0996. The summed E-state index contributed by atoms with van der Waals surface area (Å²) in [6.45, 7) is 5.99. The van der Waals surface area contributed by atoms with Gasteiger partial charge in [0.25, 0.3) is 0 Å². The van der Waals surface area contributed by atoms with E-state index in [0.29, 0.717) is 6.04 Å². The highest BCUT2D eigenvalue weighted by Crippen LogP contribution is 2.18. The van der Waals surface area contributed by atoms with Gasteiger partial charge in [-0.05, 0) is 39.2 Å². The van der Waals surface area contributed by atoms with Crippen LogP contribution in [0.25, 0.3) is 0 Å². The summed E-state index contributed by atoms with van der Waals surface area (Å²) in [7, 11) is 0. The van der Waals surface area contributed by atoms with Gasteiger partial charge in [0.2, 0.25) is 11.8 Å². The summed E-state index contributed by atoms with van der Waals surface area (Å²) >= 11 is 0. The van der Waals surface area contributed by atoms with Gasteiger partial charge in [0.15, 0.2) is 0 Å². The van der Waals surface area contributed by atoms with Gasteiger partial charge in [0.05, 0.1) is 12.1 Å². The number of piperazine rings is 1. The first kappa shape index (κ1) is 22.5. The van der Waals surface area contributed by atoms with Gasteiger partial charge in [-0.1, -0.05) is 12.8 Å². The van der Waals surface area contributed by atoms with Gasteiger partial charge >= 0.3 is 0 Å². The molecule has 2 heterocycles. The Labute approximate surface area is 163 Å². The SMILES string of the molecule is CC(C(=O)NC1CCCC1)N1CCN(C(=O)C2CCCN2)CC1.Cl.Cl. The van der Waals surface area contributed by atoms with E-state index in [4.69, 9.17) is 0 Å². The smallest absolute Gasteiger partial charge is 0.239 e. The lowest BCUT2D eigenvalue weighted by atomic mass is 10.1. The molecule has 0 aromatic carbocycles. The van der Waals surface area contributed by atoms with Crippen molar-refractivity contribution in [3.63, 3.8) is 0 Å². The second-order valence-corrected chi connectivity index (χ2v) is 7.18. The zero-order chi connectivity index (χ0) is 16.2. The molecule has 2 aliphatic heterocycles. The summed E-state index contributed by atoms with van der Waals surface area (Å²) in [5, 5.41) is 6.46. The van der Waals surface area contributed by atoms with Gasteiger partial charge in [-0.2, -0.15) is 0 Å². The van der Waals surface area contributed by atoms with E-state index in [9.17, 15) is 9.59 Å². The molecular weight excluding hydrogens is 363 g/mol. The maximum Gasteiger partial charge on any atom is 0.239 e. The molecule has 1 aliphatic carbocycles. The van der Waals surface area contributed by atoms with Crippen molar-refractivity contribution < 1.29 is 9.59 Å². The van der Waals surface area contributed by atoms with E-state index in [0.717, 1.165) is 58.4 Å². The Balaban J connectivity index is 0.00000156. The summed E-state index contributed by atoms with van der Waals surface area (Å²) in [6.07, 6.45) is 6.75. The zero-order valence-electron chi connectivity index (χ0n) is 15.0. The molecule has 2 saturated heterocycles. The van der Waals surface area contributed by atoms with Crippen LogP contribution in [-0.2, 0) is 9.59 Å². The van der Waals surface area contributed by atoms with Gasteiger partial charge in [0, 0.05) is 32.2 Å². The number of nitrogens with one attached hydrogen (secondary N) is 2.